The molecule has 0 radical (unpaired) electrons. The van der Waals surface area contributed by atoms with Crippen molar-refractivity contribution in [2.75, 3.05) is 7.05 Å². The monoisotopic (exact) mass is 329 g/mol. The van der Waals surface area contributed by atoms with Gasteiger partial charge in [0.1, 0.15) is 0 Å². The van der Waals surface area contributed by atoms with Crippen LogP contribution in [0.1, 0.15) is 37.1 Å². The van der Waals surface area contributed by atoms with Gasteiger partial charge in [0.15, 0.2) is 0 Å². The summed E-state index contributed by atoms with van der Waals surface area (Å²) in [5.74, 6) is 0.0327. The molecule has 130 valence electrons. The van der Waals surface area contributed by atoms with Crippen molar-refractivity contribution in [3.05, 3.63) is 47.3 Å². The van der Waals surface area contributed by atoms with E-state index in [-0.39, 0.29) is 5.91 Å². The lowest BCUT2D eigenvalue weighted by atomic mass is 10.1. The zero-order valence-electron chi connectivity index (χ0n) is 15.0. The number of aromatic nitrogens is 3. The number of amides is 1. The minimum Gasteiger partial charge on any atom is -0.352 e. The van der Waals surface area contributed by atoms with Gasteiger partial charge in [-0.3, -0.25) is 9.69 Å². The van der Waals surface area contributed by atoms with Crippen molar-refractivity contribution < 1.29 is 4.79 Å². The molecule has 1 N–H and O–H groups in total. The fourth-order valence-electron chi connectivity index (χ4n) is 2.34. The van der Waals surface area contributed by atoms with E-state index < -0.39 is 0 Å². The van der Waals surface area contributed by atoms with Crippen molar-refractivity contribution in [1.29, 1.82) is 0 Å². The van der Waals surface area contributed by atoms with Gasteiger partial charge in [-0.15, -0.1) is 0 Å². The van der Waals surface area contributed by atoms with E-state index in [0.717, 1.165) is 17.8 Å². The zero-order chi connectivity index (χ0) is 17.5. The lowest BCUT2D eigenvalue weighted by Gasteiger charge is -2.21. The Balaban J connectivity index is 1.79. The Kier molecular flexibility index (Phi) is 6.49. The predicted octanol–water partition coefficient (Wildman–Crippen LogP) is 1.90. The molecule has 0 unspecified atom stereocenters. The van der Waals surface area contributed by atoms with Gasteiger partial charge in [0.05, 0.1) is 11.9 Å². The first kappa shape index (κ1) is 18.1. The highest BCUT2D eigenvalue weighted by Crippen LogP contribution is 2.09. The summed E-state index contributed by atoms with van der Waals surface area (Å²) in [5.41, 5.74) is 3.22. The molecule has 2 rings (SSSR count). The van der Waals surface area contributed by atoms with E-state index in [4.69, 9.17) is 0 Å². The van der Waals surface area contributed by atoms with Gasteiger partial charge >= 0.3 is 0 Å². The first-order valence-corrected chi connectivity index (χ1v) is 8.34. The first-order chi connectivity index (χ1) is 11.4. The molecule has 1 amide bonds. The van der Waals surface area contributed by atoms with Crippen LogP contribution in [0.3, 0.4) is 0 Å². The molecule has 0 aliphatic heterocycles. The standard InChI is InChI=1S/C18H27N5O/c1-14(2)22(3)13-16-7-5-6-15(10-16)11-19-18(24)9-8-17-12-20-23(4)21-17/h5-7,10,12,14H,8-9,11,13H2,1-4H3,(H,19,24). The Hall–Kier alpha value is -2.21. The zero-order valence-corrected chi connectivity index (χ0v) is 15.0. The van der Waals surface area contributed by atoms with E-state index in [1.165, 1.54) is 10.4 Å². The molecule has 1 aromatic carbocycles. The van der Waals surface area contributed by atoms with Gasteiger partial charge in [0.2, 0.25) is 5.91 Å². The van der Waals surface area contributed by atoms with Crippen LogP contribution in [0.25, 0.3) is 0 Å². The summed E-state index contributed by atoms with van der Waals surface area (Å²) in [4.78, 5) is 15.8. The van der Waals surface area contributed by atoms with Crippen LogP contribution < -0.4 is 5.32 Å². The summed E-state index contributed by atoms with van der Waals surface area (Å²) in [6, 6.07) is 8.88. The Morgan fingerprint density at radius 2 is 2.08 bits per heavy atom. The van der Waals surface area contributed by atoms with Gasteiger partial charge in [0, 0.05) is 39.0 Å². The van der Waals surface area contributed by atoms with Crippen molar-refractivity contribution in [3.8, 4) is 0 Å². The van der Waals surface area contributed by atoms with Crippen LogP contribution in [0.15, 0.2) is 30.5 Å². The quantitative estimate of drug-likeness (QED) is 0.803. The maximum absolute atomic E-state index is 12.0. The highest BCUT2D eigenvalue weighted by atomic mass is 16.1. The molecule has 0 aliphatic rings. The van der Waals surface area contributed by atoms with Gasteiger partial charge in [-0.05, 0) is 32.0 Å². The minimum absolute atomic E-state index is 0.0327. The van der Waals surface area contributed by atoms with Crippen LogP contribution in [0.4, 0.5) is 0 Å². The molecular formula is C18H27N5O. The summed E-state index contributed by atoms with van der Waals surface area (Å²) in [5, 5.41) is 11.2. The number of nitrogens with one attached hydrogen (secondary N) is 1. The van der Waals surface area contributed by atoms with Crippen LogP contribution in [-0.2, 0) is 31.4 Å². The number of hydrogen-bond donors (Lipinski definition) is 1. The Morgan fingerprint density at radius 1 is 1.33 bits per heavy atom. The molecule has 6 heteroatoms. The average Bonchev–Trinajstić information content (AvgIpc) is 2.96. The first-order valence-electron chi connectivity index (χ1n) is 8.34. The molecule has 0 aliphatic carbocycles. The molecule has 0 fully saturated rings. The molecule has 24 heavy (non-hydrogen) atoms. The molecule has 0 bridgehead atoms. The predicted molar refractivity (Wildman–Crippen MR) is 94.2 cm³/mol. The van der Waals surface area contributed by atoms with E-state index >= 15 is 0 Å². The van der Waals surface area contributed by atoms with E-state index in [2.05, 4.69) is 53.4 Å². The summed E-state index contributed by atoms with van der Waals surface area (Å²) < 4.78 is 0. The number of hydrogen-bond acceptors (Lipinski definition) is 4. The van der Waals surface area contributed by atoms with Crippen molar-refractivity contribution in [1.82, 2.24) is 25.2 Å². The van der Waals surface area contributed by atoms with Crippen LogP contribution in [0.5, 0.6) is 0 Å². The average molecular weight is 329 g/mol. The van der Waals surface area contributed by atoms with Gasteiger partial charge in [-0.2, -0.15) is 15.0 Å². The van der Waals surface area contributed by atoms with E-state index in [9.17, 15) is 4.79 Å². The maximum atomic E-state index is 12.0. The number of benzene rings is 1. The third kappa shape index (κ3) is 5.77. The number of nitrogens with zero attached hydrogens (tertiary/aromatic N) is 4. The van der Waals surface area contributed by atoms with Gasteiger partial charge in [0.25, 0.3) is 0 Å². The molecule has 0 spiro atoms. The SMILES string of the molecule is CC(C)N(C)Cc1cccc(CNC(=O)CCc2cnn(C)n2)c1. The molecule has 0 saturated carbocycles. The molecular weight excluding hydrogens is 302 g/mol. The highest BCUT2D eigenvalue weighted by molar-refractivity contribution is 5.76. The number of carbonyl (C=O) groups excluding carboxylic acids is 1. The van der Waals surface area contributed by atoms with E-state index in [0.29, 0.717) is 25.4 Å². The fraction of sp³-hybridized carbons (Fsp3) is 0.500. The second kappa shape index (κ2) is 8.59. The van der Waals surface area contributed by atoms with Crippen LogP contribution in [0.2, 0.25) is 0 Å². The summed E-state index contributed by atoms with van der Waals surface area (Å²) >= 11 is 0. The minimum atomic E-state index is 0.0327. The third-order valence-electron chi connectivity index (χ3n) is 4.05. The number of carbonyl (C=O) groups is 1. The largest absolute Gasteiger partial charge is 0.352 e. The van der Waals surface area contributed by atoms with E-state index in [1.807, 2.05) is 12.1 Å². The summed E-state index contributed by atoms with van der Waals surface area (Å²) in [6.45, 7) is 5.83. The summed E-state index contributed by atoms with van der Waals surface area (Å²) in [7, 11) is 3.89. The number of aryl methyl sites for hydroxylation is 2. The molecule has 0 atom stereocenters. The Bertz CT molecular complexity index is 665. The molecule has 6 nitrogen and oxygen atoms in total. The normalized spacial score (nSPS) is 11.2. The van der Waals surface area contributed by atoms with Gasteiger partial charge in [-0.25, -0.2) is 0 Å². The molecule has 2 aromatic rings. The van der Waals surface area contributed by atoms with Gasteiger partial charge in [-0.1, -0.05) is 24.3 Å². The molecule has 0 saturated heterocycles. The number of rotatable bonds is 8. The molecule has 1 heterocycles. The fourth-order valence-corrected chi connectivity index (χ4v) is 2.34. The highest BCUT2D eigenvalue weighted by Gasteiger charge is 2.07. The second-order valence-electron chi connectivity index (χ2n) is 6.43. The Labute approximate surface area is 143 Å². The second-order valence-corrected chi connectivity index (χ2v) is 6.43. The topological polar surface area (TPSA) is 63.1 Å². The Morgan fingerprint density at radius 3 is 2.75 bits per heavy atom. The third-order valence-corrected chi connectivity index (χ3v) is 4.05. The van der Waals surface area contributed by atoms with E-state index in [1.54, 1.807) is 13.2 Å². The van der Waals surface area contributed by atoms with Crippen molar-refractivity contribution in [3.63, 3.8) is 0 Å². The van der Waals surface area contributed by atoms with Crippen LogP contribution >= 0.6 is 0 Å². The van der Waals surface area contributed by atoms with Crippen molar-refractivity contribution >= 4 is 5.91 Å². The van der Waals surface area contributed by atoms with Crippen molar-refractivity contribution in [2.45, 2.75) is 45.8 Å². The van der Waals surface area contributed by atoms with Crippen LogP contribution in [-0.4, -0.2) is 38.9 Å². The maximum Gasteiger partial charge on any atom is 0.220 e. The van der Waals surface area contributed by atoms with Gasteiger partial charge < -0.3 is 5.32 Å². The smallest absolute Gasteiger partial charge is 0.220 e. The van der Waals surface area contributed by atoms with Crippen molar-refractivity contribution in [2.24, 2.45) is 7.05 Å². The molecule has 1 aromatic heterocycles. The lowest BCUT2D eigenvalue weighted by Crippen LogP contribution is -2.26. The lowest BCUT2D eigenvalue weighted by molar-refractivity contribution is -0.121. The van der Waals surface area contributed by atoms with Crippen LogP contribution in [0, 0.1) is 0 Å². The summed E-state index contributed by atoms with van der Waals surface area (Å²) in [6.07, 6.45) is 2.73.